The number of aryl methyl sites for hydroxylation is 1. The number of carbonyl (C=O) groups is 1. The molecule has 4 rings (SSSR count). The van der Waals surface area contributed by atoms with Gasteiger partial charge in [-0.05, 0) is 60.3 Å². The Morgan fingerprint density at radius 2 is 1.68 bits per heavy atom. The molecule has 1 heterocycles. The van der Waals surface area contributed by atoms with Gasteiger partial charge in [0.2, 0.25) is 5.95 Å². The minimum Gasteiger partial charge on any atom is -0.478 e. The van der Waals surface area contributed by atoms with E-state index in [-0.39, 0.29) is 17.2 Å². The number of halogens is 1. The Hall–Kier alpha value is -3.15. The first kappa shape index (κ1) is 26.9. The summed E-state index contributed by atoms with van der Waals surface area (Å²) in [6.45, 7) is 5.11. The number of aromatic nitrogens is 2. The van der Waals surface area contributed by atoms with Crippen LogP contribution in [0.5, 0.6) is 0 Å². The fraction of sp³-hybridized carbons (Fsp3) is 0.484. The maximum absolute atomic E-state index is 15.5. The number of hydrogen-bond acceptors (Lipinski definition) is 2. The van der Waals surface area contributed by atoms with Crippen molar-refractivity contribution in [2.75, 3.05) is 0 Å². The van der Waals surface area contributed by atoms with Gasteiger partial charge in [0.05, 0.1) is 11.3 Å². The number of carboxylic acids is 1. The van der Waals surface area contributed by atoms with E-state index < -0.39 is 5.97 Å². The maximum atomic E-state index is 15.5. The standard InChI is InChI=1S/C31H39FN2O3/c1-22(2)12-17-28-29(32)34(21-19-23-8-4-3-5-9-23)31(37)33(28)20-18-24-13-15-25(16-14-24)26-10-6-7-11-27(26)30(35)36/h6-7,10-11,13-16,22-23H,3-5,8-9,12,17-21H2,1-2H3,(H,35,36). The molecule has 2 aromatic carbocycles. The quantitative estimate of drug-likeness (QED) is 0.306. The molecule has 198 valence electrons. The SMILES string of the molecule is CC(C)CCc1c(F)n(CCC2CCCCC2)c(=O)n1CCc1ccc(-c2ccccc2C(=O)O)cc1. The summed E-state index contributed by atoms with van der Waals surface area (Å²) in [5.41, 5.74) is 3.07. The van der Waals surface area contributed by atoms with E-state index in [0.29, 0.717) is 49.0 Å². The van der Waals surface area contributed by atoms with Crippen molar-refractivity contribution >= 4 is 5.97 Å². The predicted octanol–water partition coefficient (Wildman–Crippen LogP) is 6.96. The third-order valence-corrected chi connectivity index (χ3v) is 7.75. The molecular weight excluding hydrogens is 467 g/mol. The van der Waals surface area contributed by atoms with E-state index in [1.54, 1.807) is 22.8 Å². The number of nitrogens with zero attached hydrogens (tertiary/aromatic N) is 2. The second-order valence-corrected chi connectivity index (χ2v) is 10.8. The van der Waals surface area contributed by atoms with Gasteiger partial charge in [-0.1, -0.05) is 88.4 Å². The van der Waals surface area contributed by atoms with Gasteiger partial charge in [-0.25, -0.2) is 9.59 Å². The van der Waals surface area contributed by atoms with Gasteiger partial charge in [0.25, 0.3) is 0 Å². The lowest BCUT2D eigenvalue weighted by Gasteiger charge is -2.21. The van der Waals surface area contributed by atoms with Crippen molar-refractivity contribution in [1.82, 2.24) is 9.13 Å². The number of aromatic carboxylic acids is 1. The van der Waals surface area contributed by atoms with Crippen LogP contribution >= 0.6 is 0 Å². The lowest BCUT2D eigenvalue weighted by molar-refractivity contribution is 0.0697. The number of carboxylic acid groups (broad SMARTS) is 1. The monoisotopic (exact) mass is 506 g/mol. The molecule has 37 heavy (non-hydrogen) atoms. The van der Waals surface area contributed by atoms with Crippen molar-refractivity contribution in [2.45, 2.75) is 84.7 Å². The predicted molar refractivity (Wildman–Crippen MR) is 146 cm³/mol. The van der Waals surface area contributed by atoms with Crippen LogP contribution in [-0.4, -0.2) is 20.2 Å². The van der Waals surface area contributed by atoms with E-state index in [2.05, 4.69) is 13.8 Å². The zero-order valence-corrected chi connectivity index (χ0v) is 22.1. The first-order valence-corrected chi connectivity index (χ1v) is 13.7. The van der Waals surface area contributed by atoms with E-state index in [4.69, 9.17) is 0 Å². The molecule has 0 amide bonds. The average Bonchev–Trinajstić information content (AvgIpc) is 3.13. The molecule has 6 heteroatoms. The van der Waals surface area contributed by atoms with Crippen LogP contribution in [0.1, 0.15) is 80.4 Å². The van der Waals surface area contributed by atoms with Crippen molar-refractivity contribution in [3.05, 3.63) is 81.8 Å². The minimum atomic E-state index is -0.956. The number of benzene rings is 2. The van der Waals surface area contributed by atoms with Crippen LogP contribution in [0.3, 0.4) is 0 Å². The van der Waals surface area contributed by atoms with E-state index >= 15 is 4.39 Å². The topological polar surface area (TPSA) is 64.2 Å². The van der Waals surface area contributed by atoms with Crippen LogP contribution in [0.2, 0.25) is 0 Å². The van der Waals surface area contributed by atoms with E-state index in [1.165, 1.54) is 36.7 Å². The Labute approximate surface area is 219 Å². The average molecular weight is 507 g/mol. The first-order chi connectivity index (χ1) is 17.8. The first-order valence-electron chi connectivity index (χ1n) is 13.7. The molecular formula is C31H39FN2O3. The lowest BCUT2D eigenvalue weighted by Crippen LogP contribution is -2.27. The van der Waals surface area contributed by atoms with Crippen molar-refractivity contribution < 1.29 is 14.3 Å². The summed E-state index contributed by atoms with van der Waals surface area (Å²) in [5.74, 6) is -0.299. The normalized spacial score (nSPS) is 14.4. The van der Waals surface area contributed by atoms with Gasteiger partial charge in [-0.2, -0.15) is 4.39 Å². The summed E-state index contributed by atoms with van der Waals surface area (Å²) in [6.07, 6.45) is 8.99. The van der Waals surface area contributed by atoms with E-state index in [1.807, 2.05) is 30.3 Å². The molecule has 1 saturated carbocycles. The van der Waals surface area contributed by atoms with Gasteiger partial charge in [0.1, 0.15) is 0 Å². The second kappa shape index (κ2) is 12.4. The van der Waals surface area contributed by atoms with E-state index in [9.17, 15) is 14.7 Å². The molecule has 0 radical (unpaired) electrons. The molecule has 0 atom stereocenters. The Morgan fingerprint density at radius 3 is 2.35 bits per heavy atom. The van der Waals surface area contributed by atoms with Crippen LogP contribution in [0.4, 0.5) is 4.39 Å². The van der Waals surface area contributed by atoms with E-state index in [0.717, 1.165) is 24.0 Å². The third-order valence-electron chi connectivity index (χ3n) is 7.75. The molecule has 3 aromatic rings. The van der Waals surface area contributed by atoms with Crippen LogP contribution in [0, 0.1) is 17.8 Å². The summed E-state index contributed by atoms with van der Waals surface area (Å²) < 4.78 is 18.5. The molecule has 0 unspecified atom stereocenters. The Morgan fingerprint density at radius 1 is 0.973 bits per heavy atom. The largest absolute Gasteiger partial charge is 0.478 e. The second-order valence-electron chi connectivity index (χ2n) is 10.8. The van der Waals surface area contributed by atoms with Gasteiger partial charge < -0.3 is 5.11 Å². The molecule has 0 spiro atoms. The maximum Gasteiger partial charge on any atom is 0.336 e. The Balaban J connectivity index is 1.51. The molecule has 0 saturated heterocycles. The van der Waals surface area contributed by atoms with Crippen LogP contribution < -0.4 is 5.69 Å². The highest BCUT2D eigenvalue weighted by Gasteiger charge is 2.22. The number of hydrogen-bond donors (Lipinski definition) is 1. The highest BCUT2D eigenvalue weighted by atomic mass is 19.1. The molecule has 1 aliphatic carbocycles. The Kier molecular flexibility index (Phi) is 9.01. The molecule has 1 fully saturated rings. The van der Waals surface area contributed by atoms with Crippen LogP contribution in [-0.2, 0) is 25.9 Å². The highest BCUT2D eigenvalue weighted by Crippen LogP contribution is 2.27. The molecule has 5 nitrogen and oxygen atoms in total. The summed E-state index contributed by atoms with van der Waals surface area (Å²) in [4.78, 5) is 24.9. The van der Waals surface area contributed by atoms with Gasteiger partial charge in [-0.15, -0.1) is 0 Å². The zero-order chi connectivity index (χ0) is 26.4. The van der Waals surface area contributed by atoms with Gasteiger partial charge in [-0.3, -0.25) is 9.13 Å². The highest BCUT2D eigenvalue weighted by molar-refractivity contribution is 5.95. The summed E-state index contributed by atoms with van der Waals surface area (Å²) in [7, 11) is 0. The van der Waals surface area contributed by atoms with Gasteiger partial charge in [0.15, 0.2) is 0 Å². The fourth-order valence-corrected chi connectivity index (χ4v) is 5.50. The number of rotatable bonds is 11. The van der Waals surface area contributed by atoms with Gasteiger partial charge in [0, 0.05) is 13.1 Å². The molecule has 1 aromatic heterocycles. The van der Waals surface area contributed by atoms with Crippen molar-refractivity contribution in [3.63, 3.8) is 0 Å². The Bertz CT molecular complexity index is 1250. The molecule has 1 aliphatic rings. The lowest BCUT2D eigenvalue weighted by atomic mass is 9.87. The zero-order valence-electron chi connectivity index (χ0n) is 22.1. The summed E-state index contributed by atoms with van der Waals surface area (Å²) in [5, 5.41) is 9.49. The van der Waals surface area contributed by atoms with Crippen molar-refractivity contribution in [1.29, 1.82) is 0 Å². The van der Waals surface area contributed by atoms with Crippen molar-refractivity contribution in [3.8, 4) is 11.1 Å². The number of imidazole rings is 1. The summed E-state index contributed by atoms with van der Waals surface area (Å²) in [6, 6.07) is 14.7. The fourth-order valence-electron chi connectivity index (χ4n) is 5.50. The van der Waals surface area contributed by atoms with Crippen LogP contribution in [0.15, 0.2) is 53.3 Å². The molecule has 1 N–H and O–H groups in total. The summed E-state index contributed by atoms with van der Waals surface area (Å²) >= 11 is 0. The van der Waals surface area contributed by atoms with Crippen molar-refractivity contribution in [2.24, 2.45) is 11.8 Å². The third kappa shape index (κ3) is 6.60. The smallest absolute Gasteiger partial charge is 0.336 e. The molecule has 0 aliphatic heterocycles. The van der Waals surface area contributed by atoms with Gasteiger partial charge >= 0.3 is 11.7 Å². The van der Waals surface area contributed by atoms with Crippen LogP contribution in [0.25, 0.3) is 11.1 Å². The minimum absolute atomic E-state index is 0.237. The molecule has 0 bridgehead atoms.